The van der Waals surface area contributed by atoms with Crippen molar-refractivity contribution in [2.45, 2.75) is 0 Å². The summed E-state index contributed by atoms with van der Waals surface area (Å²) >= 11 is 0. The van der Waals surface area contributed by atoms with E-state index in [0.29, 0.717) is 11.3 Å². The molecule has 0 aliphatic carbocycles. The number of anilines is 1. The van der Waals surface area contributed by atoms with Crippen LogP contribution in [0.2, 0.25) is 0 Å². The van der Waals surface area contributed by atoms with Crippen LogP contribution in [0.4, 0.5) is 10.5 Å². The molecule has 0 aromatic heterocycles. The number of urea groups is 1. The lowest BCUT2D eigenvalue weighted by molar-refractivity contribution is -0.119. The zero-order valence-electron chi connectivity index (χ0n) is 12.7. The Morgan fingerprint density at radius 2 is 1.65 bits per heavy atom. The Kier molecular flexibility index (Phi) is 5.78. The van der Waals surface area contributed by atoms with E-state index in [1.165, 1.54) is 7.05 Å². The predicted molar refractivity (Wildman–Crippen MR) is 90.0 cm³/mol. The number of benzene rings is 2. The van der Waals surface area contributed by atoms with Gasteiger partial charge in [0.2, 0.25) is 5.91 Å². The minimum Gasteiger partial charge on any atom is -0.358 e. The van der Waals surface area contributed by atoms with Gasteiger partial charge in [-0.05, 0) is 24.3 Å². The zero-order valence-corrected chi connectivity index (χ0v) is 12.7. The van der Waals surface area contributed by atoms with Crippen LogP contribution in [0.5, 0.6) is 0 Å². The number of nitrogens with one attached hydrogen (secondary N) is 3. The summed E-state index contributed by atoms with van der Waals surface area (Å²) in [4.78, 5) is 22.9. The van der Waals surface area contributed by atoms with E-state index in [-0.39, 0.29) is 12.5 Å². The van der Waals surface area contributed by atoms with Crippen LogP contribution in [0.3, 0.4) is 0 Å². The molecule has 3 N–H and O–H groups in total. The average molecular weight is 307 g/mol. The lowest BCUT2D eigenvalue weighted by Crippen LogP contribution is -2.37. The third kappa shape index (κ3) is 5.21. The molecule has 2 rings (SSSR count). The summed E-state index contributed by atoms with van der Waals surface area (Å²) in [6.45, 7) is -0.0831. The average Bonchev–Trinajstić information content (AvgIpc) is 2.59. The molecule has 0 spiro atoms. The second-order valence-corrected chi connectivity index (χ2v) is 4.64. The van der Waals surface area contributed by atoms with E-state index in [9.17, 15) is 9.59 Å². The Morgan fingerprint density at radius 1 is 0.957 bits per heavy atom. The highest BCUT2D eigenvalue weighted by molar-refractivity contribution is 5.93. The summed E-state index contributed by atoms with van der Waals surface area (Å²) < 4.78 is 0. The van der Waals surface area contributed by atoms with E-state index < -0.39 is 6.03 Å². The first-order chi connectivity index (χ1) is 11.2. The third-order valence-corrected chi connectivity index (χ3v) is 2.98. The monoisotopic (exact) mass is 307 g/mol. The SMILES string of the molecule is CNC(=O)CNC(=O)Nc1ccccc1C#Cc1ccccc1. The molecule has 116 valence electrons. The van der Waals surface area contributed by atoms with Gasteiger partial charge in [-0.2, -0.15) is 0 Å². The Morgan fingerprint density at radius 3 is 2.39 bits per heavy atom. The van der Waals surface area contributed by atoms with Gasteiger partial charge in [0.15, 0.2) is 0 Å². The lowest BCUT2D eigenvalue weighted by Gasteiger charge is -2.08. The largest absolute Gasteiger partial charge is 0.358 e. The van der Waals surface area contributed by atoms with Crippen molar-refractivity contribution < 1.29 is 9.59 Å². The van der Waals surface area contributed by atoms with Gasteiger partial charge in [-0.25, -0.2) is 4.79 Å². The maximum absolute atomic E-state index is 11.8. The van der Waals surface area contributed by atoms with Gasteiger partial charge in [0, 0.05) is 18.2 Å². The fourth-order valence-corrected chi connectivity index (χ4v) is 1.78. The number of rotatable bonds is 3. The highest BCUT2D eigenvalue weighted by Gasteiger charge is 2.06. The number of para-hydroxylation sites is 1. The summed E-state index contributed by atoms with van der Waals surface area (Å²) in [5.74, 6) is 5.82. The first kappa shape index (κ1) is 16.1. The Hall–Kier alpha value is -3.26. The van der Waals surface area contributed by atoms with Crippen molar-refractivity contribution in [1.29, 1.82) is 0 Å². The molecule has 0 heterocycles. The van der Waals surface area contributed by atoms with Crippen LogP contribution < -0.4 is 16.0 Å². The standard InChI is InChI=1S/C18H17N3O2/c1-19-17(22)13-20-18(23)21-16-10-6-5-9-15(16)12-11-14-7-3-2-4-8-14/h2-10H,13H2,1H3,(H,19,22)(H2,20,21,23). The van der Waals surface area contributed by atoms with E-state index in [2.05, 4.69) is 27.8 Å². The third-order valence-electron chi connectivity index (χ3n) is 2.98. The number of likely N-dealkylation sites (N-methyl/N-ethyl adjacent to an activating group) is 1. The highest BCUT2D eigenvalue weighted by Crippen LogP contribution is 2.13. The summed E-state index contributed by atoms with van der Waals surface area (Å²) in [5, 5.41) is 7.60. The minimum atomic E-state index is -0.456. The van der Waals surface area contributed by atoms with Crippen LogP contribution in [0.1, 0.15) is 11.1 Å². The Balaban J connectivity index is 2.08. The van der Waals surface area contributed by atoms with Crippen molar-refractivity contribution in [2.24, 2.45) is 0 Å². The molecule has 0 aliphatic rings. The van der Waals surface area contributed by atoms with Crippen molar-refractivity contribution in [3.05, 3.63) is 65.7 Å². The molecule has 0 fully saturated rings. The molecule has 0 bridgehead atoms. The van der Waals surface area contributed by atoms with Gasteiger partial charge in [0.25, 0.3) is 0 Å². The van der Waals surface area contributed by atoms with Gasteiger partial charge < -0.3 is 16.0 Å². The van der Waals surface area contributed by atoms with Crippen molar-refractivity contribution in [1.82, 2.24) is 10.6 Å². The van der Waals surface area contributed by atoms with Gasteiger partial charge in [0.05, 0.1) is 12.2 Å². The van der Waals surface area contributed by atoms with Gasteiger partial charge in [-0.3, -0.25) is 4.79 Å². The quantitative estimate of drug-likeness (QED) is 0.759. The molecule has 0 saturated carbocycles. The van der Waals surface area contributed by atoms with Gasteiger partial charge in [-0.1, -0.05) is 42.2 Å². The molecule has 0 saturated heterocycles. The predicted octanol–water partition coefficient (Wildman–Crippen LogP) is 1.95. The number of amides is 3. The molecular formula is C18H17N3O2. The van der Waals surface area contributed by atoms with Crippen molar-refractivity contribution in [3.63, 3.8) is 0 Å². The zero-order chi connectivity index (χ0) is 16.5. The van der Waals surface area contributed by atoms with Crippen molar-refractivity contribution in [3.8, 4) is 11.8 Å². The topological polar surface area (TPSA) is 70.2 Å². The fraction of sp³-hybridized carbons (Fsp3) is 0.111. The van der Waals surface area contributed by atoms with Gasteiger partial charge in [-0.15, -0.1) is 0 Å². The first-order valence-corrected chi connectivity index (χ1v) is 7.10. The number of hydrogen-bond donors (Lipinski definition) is 3. The van der Waals surface area contributed by atoms with Gasteiger partial charge in [0.1, 0.15) is 0 Å². The second kappa shape index (κ2) is 8.25. The molecular weight excluding hydrogens is 290 g/mol. The van der Waals surface area contributed by atoms with Crippen LogP contribution in [0.15, 0.2) is 54.6 Å². The van der Waals surface area contributed by atoms with Crippen molar-refractivity contribution >= 4 is 17.6 Å². The molecule has 0 atom stereocenters. The summed E-state index contributed by atoms with van der Waals surface area (Å²) in [6, 6.07) is 16.4. The van der Waals surface area contributed by atoms with Gasteiger partial charge >= 0.3 is 6.03 Å². The van der Waals surface area contributed by atoms with E-state index in [1.807, 2.05) is 48.5 Å². The summed E-state index contributed by atoms with van der Waals surface area (Å²) in [5.41, 5.74) is 2.18. The normalized spacial score (nSPS) is 9.26. The molecule has 23 heavy (non-hydrogen) atoms. The van der Waals surface area contributed by atoms with Crippen LogP contribution in [-0.4, -0.2) is 25.5 Å². The second-order valence-electron chi connectivity index (χ2n) is 4.64. The molecule has 3 amide bonds. The van der Waals surface area contributed by atoms with Crippen molar-refractivity contribution in [2.75, 3.05) is 18.9 Å². The maximum Gasteiger partial charge on any atom is 0.319 e. The number of carbonyl (C=O) groups is 2. The molecule has 0 radical (unpaired) electrons. The van der Waals surface area contributed by atoms with Crippen LogP contribution >= 0.6 is 0 Å². The summed E-state index contributed by atoms with van der Waals surface area (Å²) in [6.07, 6.45) is 0. The smallest absolute Gasteiger partial charge is 0.319 e. The Labute approximate surface area is 135 Å². The minimum absolute atomic E-state index is 0.0831. The molecule has 5 heteroatoms. The van der Waals surface area contributed by atoms with Crippen LogP contribution in [-0.2, 0) is 4.79 Å². The molecule has 2 aromatic carbocycles. The molecule has 0 unspecified atom stereocenters. The van der Waals surface area contributed by atoms with E-state index >= 15 is 0 Å². The first-order valence-electron chi connectivity index (χ1n) is 7.10. The van der Waals surface area contributed by atoms with Crippen LogP contribution in [0.25, 0.3) is 0 Å². The number of hydrogen-bond acceptors (Lipinski definition) is 2. The molecule has 2 aromatic rings. The molecule has 5 nitrogen and oxygen atoms in total. The lowest BCUT2D eigenvalue weighted by atomic mass is 10.1. The fourth-order valence-electron chi connectivity index (χ4n) is 1.78. The van der Waals surface area contributed by atoms with E-state index in [0.717, 1.165) is 5.56 Å². The maximum atomic E-state index is 11.8. The molecule has 0 aliphatic heterocycles. The van der Waals surface area contributed by atoms with E-state index in [1.54, 1.807) is 6.07 Å². The highest BCUT2D eigenvalue weighted by atomic mass is 16.2. The van der Waals surface area contributed by atoms with Crippen LogP contribution in [0, 0.1) is 11.8 Å². The Bertz CT molecular complexity index is 746. The van der Waals surface area contributed by atoms with E-state index in [4.69, 9.17) is 0 Å². The number of carbonyl (C=O) groups excluding carboxylic acids is 2. The summed E-state index contributed by atoms with van der Waals surface area (Å²) in [7, 11) is 1.51.